The second-order valence-electron chi connectivity index (χ2n) is 11.1. The Hall–Kier alpha value is -0.0800. The van der Waals surface area contributed by atoms with Crippen LogP contribution in [0.2, 0.25) is 0 Å². The predicted molar refractivity (Wildman–Crippen MR) is 111 cm³/mol. The lowest BCUT2D eigenvalue weighted by atomic mass is 9.64. The van der Waals surface area contributed by atoms with Gasteiger partial charge in [0.25, 0.3) is 0 Å². The lowest BCUT2D eigenvalue weighted by Crippen LogP contribution is -2.43. The molecule has 0 amide bonds. The van der Waals surface area contributed by atoms with Crippen molar-refractivity contribution in [1.29, 1.82) is 0 Å². The van der Waals surface area contributed by atoms with Gasteiger partial charge in [0.1, 0.15) is 0 Å². The largest absolute Gasteiger partial charge is 0.390 e. The number of hydrogen-bond acceptors (Lipinski definition) is 2. The Bertz CT molecular complexity index is 447. The molecule has 3 rings (SSSR count). The molecule has 2 N–H and O–H groups in total. The molecule has 152 valence electrons. The van der Waals surface area contributed by atoms with Crippen molar-refractivity contribution in [3.8, 4) is 0 Å². The highest BCUT2D eigenvalue weighted by molar-refractivity contribution is 4.99. The van der Waals surface area contributed by atoms with Crippen LogP contribution < -0.4 is 5.32 Å². The second kappa shape index (κ2) is 8.52. The summed E-state index contributed by atoms with van der Waals surface area (Å²) in [5, 5.41) is 15.7. The van der Waals surface area contributed by atoms with E-state index in [0.717, 1.165) is 19.3 Å². The smallest absolute Gasteiger partial charge is 0.0656 e. The van der Waals surface area contributed by atoms with Crippen LogP contribution in [0.15, 0.2) is 0 Å². The summed E-state index contributed by atoms with van der Waals surface area (Å²) in [6.07, 6.45) is 19.1. The van der Waals surface area contributed by atoms with Crippen molar-refractivity contribution in [2.75, 3.05) is 6.54 Å². The van der Waals surface area contributed by atoms with Crippen molar-refractivity contribution >= 4 is 0 Å². The van der Waals surface area contributed by atoms with Crippen LogP contribution in [-0.2, 0) is 0 Å². The van der Waals surface area contributed by atoms with Crippen molar-refractivity contribution < 1.29 is 5.11 Å². The van der Waals surface area contributed by atoms with E-state index in [-0.39, 0.29) is 5.41 Å². The van der Waals surface area contributed by atoms with Gasteiger partial charge in [-0.3, -0.25) is 0 Å². The first-order valence-electron chi connectivity index (χ1n) is 11.8. The zero-order chi connectivity index (χ0) is 18.7. The Morgan fingerprint density at radius 3 is 2.42 bits per heavy atom. The molecule has 3 fully saturated rings. The molecule has 2 saturated carbocycles. The molecule has 0 spiro atoms. The molecule has 3 aliphatic rings. The molecule has 2 heteroatoms. The standard InChI is InChI=1S/C24H45NO/c1-4-23-13-9-7-11-15-25-21(17-23)20-12-8-5-6-10-14-24(26,16-20)19-22(2,3)18-23/h20-21,25-26H,4-19H2,1-3H3. The average Bonchev–Trinajstić information content (AvgIpc) is 2.73. The fraction of sp³-hybridized carbons (Fsp3) is 1.00. The Morgan fingerprint density at radius 2 is 1.62 bits per heavy atom. The number of nitrogens with one attached hydrogen (secondary N) is 1. The quantitative estimate of drug-likeness (QED) is 0.580. The number of rotatable bonds is 1. The molecular formula is C24H45NO. The summed E-state index contributed by atoms with van der Waals surface area (Å²) in [6.45, 7) is 8.52. The van der Waals surface area contributed by atoms with Crippen molar-refractivity contribution in [2.45, 2.75) is 129 Å². The Kier molecular flexibility index (Phi) is 6.76. The summed E-state index contributed by atoms with van der Waals surface area (Å²) in [5.41, 5.74) is 0.276. The predicted octanol–water partition coefficient (Wildman–Crippen LogP) is 6.22. The van der Waals surface area contributed by atoms with Gasteiger partial charge in [-0.15, -0.1) is 0 Å². The summed E-state index contributed by atoms with van der Waals surface area (Å²) in [7, 11) is 0. The molecule has 4 bridgehead atoms. The van der Waals surface area contributed by atoms with Crippen molar-refractivity contribution in [2.24, 2.45) is 16.7 Å². The summed E-state index contributed by atoms with van der Waals surface area (Å²) in [4.78, 5) is 0. The molecule has 0 aromatic rings. The van der Waals surface area contributed by atoms with E-state index in [0.29, 0.717) is 17.4 Å². The normalized spacial score (nSPS) is 42.5. The van der Waals surface area contributed by atoms with Gasteiger partial charge < -0.3 is 10.4 Å². The van der Waals surface area contributed by atoms with Crippen molar-refractivity contribution in [3.63, 3.8) is 0 Å². The van der Waals surface area contributed by atoms with Crippen LogP contribution in [0.1, 0.15) is 117 Å². The first-order chi connectivity index (χ1) is 12.4. The summed E-state index contributed by atoms with van der Waals surface area (Å²) in [5.74, 6) is 0.663. The van der Waals surface area contributed by atoms with E-state index in [1.807, 2.05) is 0 Å². The highest BCUT2D eigenvalue weighted by atomic mass is 16.3. The molecule has 1 aliphatic heterocycles. The first-order valence-corrected chi connectivity index (χ1v) is 11.8. The Morgan fingerprint density at radius 1 is 0.885 bits per heavy atom. The van der Waals surface area contributed by atoms with E-state index in [1.165, 1.54) is 83.6 Å². The van der Waals surface area contributed by atoms with Crippen molar-refractivity contribution in [1.82, 2.24) is 5.32 Å². The maximum absolute atomic E-state index is 11.7. The van der Waals surface area contributed by atoms with Crippen LogP contribution in [-0.4, -0.2) is 23.3 Å². The number of aliphatic hydroxyl groups is 1. The zero-order valence-corrected chi connectivity index (χ0v) is 17.9. The topological polar surface area (TPSA) is 32.3 Å². The molecule has 0 aromatic carbocycles. The fourth-order valence-corrected chi connectivity index (χ4v) is 7.05. The number of hydrogen-bond donors (Lipinski definition) is 2. The van der Waals surface area contributed by atoms with E-state index in [2.05, 4.69) is 26.1 Å². The van der Waals surface area contributed by atoms with Crippen LogP contribution in [0.25, 0.3) is 0 Å². The van der Waals surface area contributed by atoms with E-state index >= 15 is 0 Å². The first kappa shape index (κ1) is 20.6. The molecule has 1 saturated heterocycles. The third-order valence-corrected chi connectivity index (χ3v) is 8.03. The van der Waals surface area contributed by atoms with Crippen LogP contribution in [0.4, 0.5) is 0 Å². The minimum absolute atomic E-state index is 0.242. The zero-order valence-electron chi connectivity index (χ0n) is 17.9. The highest BCUT2D eigenvalue weighted by Gasteiger charge is 2.46. The molecule has 26 heavy (non-hydrogen) atoms. The molecule has 1 heterocycles. The molecule has 2 nitrogen and oxygen atoms in total. The second-order valence-corrected chi connectivity index (χ2v) is 11.1. The molecule has 2 aliphatic carbocycles. The van der Waals surface area contributed by atoms with E-state index < -0.39 is 5.60 Å². The lowest BCUT2D eigenvalue weighted by Gasteiger charge is -2.43. The Labute approximate surface area is 162 Å². The minimum atomic E-state index is -0.438. The van der Waals surface area contributed by atoms with Crippen LogP contribution >= 0.6 is 0 Å². The molecule has 0 radical (unpaired) electrons. The molecule has 4 atom stereocenters. The SMILES string of the molecule is CCC12CCCCCNC(C1)C1CCCCCCC(O)(C1)CC(C)(C)C2. The van der Waals surface area contributed by atoms with E-state index in [9.17, 15) is 5.11 Å². The van der Waals surface area contributed by atoms with Gasteiger partial charge in [0.15, 0.2) is 0 Å². The van der Waals surface area contributed by atoms with Gasteiger partial charge in [0.05, 0.1) is 5.60 Å². The van der Waals surface area contributed by atoms with Gasteiger partial charge >= 0.3 is 0 Å². The third-order valence-electron chi connectivity index (χ3n) is 8.03. The van der Waals surface area contributed by atoms with Gasteiger partial charge in [-0.1, -0.05) is 65.7 Å². The van der Waals surface area contributed by atoms with Crippen LogP contribution in [0.5, 0.6) is 0 Å². The maximum Gasteiger partial charge on any atom is 0.0656 e. The maximum atomic E-state index is 11.7. The average molecular weight is 364 g/mol. The monoisotopic (exact) mass is 363 g/mol. The molecule has 0 aromatic heterocycles. The summed E-state index contributed by atoms with van der Waals surface area (Å²) < 4.78 is 0. The van der Waals surface area contributed by atoms with E-state index in [1.54, 1.807) is 0 Å². The van der Waals surface area contributed by atoms with Gasteiger partial charge in [0.2, 0.25) is 0 Å². The molecule has 4 unspecified atom stereocenters. The highest BCUT2D eigenvalue weighted by Crippen LogP contribution is 2.52. The fourth-order valence-electron chi connectivity index (χ4n) is 7.05. The minimum Gasteiger partial charge on any atom is -0.390 e. The third kappa shape index (κ3) is 5.25. The van der Waals surface area contributed by atoms with Crippen molar-refractivity contribution in [3.05, 3.63) is 0 Å². The summed E-state index contributed by atoms with van der Waals surface area (Å²) >= 11 is 0. The van der Waals surface area contributed by atoms with Gasteiger partial charge in [-0.2, -0.15) is 0 Å². The lowest BCUT2D eigenvalue weighted by molar-refractivity contribution is -0.0363. The Balaban J connectivity index is 1.97. The number of fused-ring (bicyclic) bond motifs is 5. The van der Waals surface area contributed by atoms with Gasteiger partial charge in [0, 0.05) is 6.04 Å². The summed E-state index contributed by atoms with van der Waals surface area (Å²) in [6, 6.07) is 0.617. The van der Waals surface area contributed by atoms with E-state index in [4.69, 9.17) is 0 Å². The van der Waals surface area contributed by atoms with Crippen LogP contribution in [0, 0.1) is 16.7 Å². The van der Waals surface area contributed by atoms with Gasteiger partial charge in [-0.25, -0.2) is 0 Å². The van der Waals surface area contributed by atoms with Crippen LogP contribution in [0.3, 0.4) is 0 Å². The van der Waals surface area contributed by atoms with Gasteiger partial charge in [-0.05, 0) is 74.7 Å². The molecular weight excluding hydrogens is 318 g/mol.